The molecule has 1 heterocycles. The van der Waals surface area contributed by atoms with E-state index in [0.29, 0.717) is 11.1 Å². The van der Waals surface area contributed by atoms with Crippen LogP contribution in [-0.2, 0) is 4.79 Å². The fourth-order valence-electron chi connectivity index (χ4n) is 2.64. The van der Waals surface area contributed by atoms with Crippen LogP contribution >= 0.6 is 11.8 Å². The second kappa shape index (κ2) is 8.87. The van der Waals surface area contributed by atoms with Crippen LogP contribution in [0.25, 0.3) is 5.69 Å². The van der Waals surface area contributed by atoms with Gasteiger partial charge in [0, 0.05) is 11.4 Å². The third-order valence-electron chi connectivity index (χ3n) is 4.20. The molecule has 3 rings (SSSR count). The molecule has 0 bridgehead atoms. The summed E-state index contributed by atoms with van der Waals surface area (Å²) in [5.41, 5.74) is 7.25. The van der Waals surface area contributed by atoms with E-state index in [1.807, 2.05) is 24.3 Å². The zero-order valence-corrected chi connectivity index (χ0v) is 16.7. The third-order valence-corrected chi connectivity index (χ3v) is 5.15. The summed E-state index contributed by atoms with van der Waals surface area (Å²) in [4.78, 5) is 23.5. The predicted octanol–water partition coefficient (Wildman–Crippen LogP) is 3.36. The highest BCUT2D eigenvalue weighted by Crippen LogP contribution is 2.22. The molecule has 0 radical (unpaired) electrons. The molecule has 150 valence electrons. The second-order valence-corrected chi connectivity index (χ2v) is 7.57. The molecule has 2 aromatic carbocycles. The minimum atomic E-state index is -0.899. The second-order valence-electron chi connectivity index (χ2n) is 6.63. The van der Waals surface area contributed by atoms with Gasteiger partial charge in [-0.25, -0.2) is 4.39 Å². The van der Waals surface area contributed by atoms with Crippen molar-refractivity contribution in [1.29, 1.82) is 0 Å². The number of carbonyl (C=O) groups is 2. The molecular formula is C20H20FN5O2S. The van der Waals surface area contributed by atoms with E-state index in [-0.39, 0.29) is 22.9 Å². The first-order valence-corrected chi connectivity index (χ1v) is 9.86. The quantitative estimate of drug-likeness (QED) is 0.578. The molecule has 2 amide bonds. The number of rotatable bonds is 7. The van der Waals surface area contributed by atoms with Gasteiger partial charge in [-0.2, -0.15) is 0 Å². The number of thioether (sulfide) groups is 1. The normalized spacial score (nSPS) is 10.9. The lowest BCUT2D eigenvalue weighted by atomic mass is 10.0. The van der Waals surface area contributed by atoms with Crippen LogP contribution in [0.3, 0.4) is 0 Å². The minimum Gasteiger partial charge on any atom is -0.366 e. The van der Waals surface area contributed by atoms with E-state index in [0.717, 1.165) is 11.8 Å². The number of carbonyl (C=O) groups excluding carboxylic acids is 2. The van der Waals surface area contributed by atoms with Crippen molar-refractivity contribution >= 4 is 29.3 Å². The number of hydrogen-bond donors (Lipinski definition) is 2. The van der Waals surface area contributed by atoms with Crippen LogP contribution in [0.15, 0.2) is 53.9 Å². The number of benzene rings is 2. The molecule has 29 heavy (non-hydrogen) atoms. The number of anilines is 1. The molecule has 0 atom stereocenters. The predicted molar refractivity (Wildman–Crippen MR) is 110 cm³/mol. The fourth-order valence-corrected chi connectivity index (χ4v) is 3.37. The first-order chi connectivity index (χ1) is 13.8. The monoisotopic (exact) mass is 413 g/mol. The van der Waals surface area contributed by atoms with E-state index in [9.17, 15) is 14.0 Å². The Morgan fingerprint density at radius 3 is 2.59 bits per heavy atom. The van der Waals surface area contributed by atoms with Gasteiger partial charge in [0.2, 0.25) is 5.91 Å². The van der Waals surface area contributed by atoms with Crippen LogP contribution in [0.4, 0.5) is 10.1 Å². The molecule has 0 spiro atoms. The van der Waals surface area contributed by atoms with Crippen LogP contribution < -0.4 is 11.1 Å². The molecule has 3 N–H and O–H groups in total. The van der Waals surface area contributed by atoms with Gasteiger partial charge in [0.05, 0.1) is 11.3 Å². The number of hydrogen-bond acceptors (Lipinski definition) is 5. The maximum atomic E-state index is 13.5. The van der Waals surface area contributed by atoms with E-state index in [1.165, 1.54) is 29.5 Å². The summed E-state index contributed by atoms with van der Waals surface area (Å²) >= 11 is 1.21. The molecule has 0 aliphatic carbocycles. The topological polar surface area (TPSA) is 103 Å². The zero-order chi connectivity index (χ0) is 21.0. The number of halogens is 1. The highest BCUT2D eigenvalue weighted by molar-refractivity contribution is 7.99. The van der Waals surface area contributed by atoms with E-state index in [4.69, 9.17) is 5.73 Å². The Morgan fingerprint density at radius 1 is 1.21 bits per heavy atom. The van der Waals surface area contributed by atoms with Crippen LogP contribution in [0.2, 0.25) is 0 Å². The highest BCUT2D eigenvalue weighted by atomic mass is 32.2. The van der Waals surface area contributed by atoms with E-state index in [1.54, 1.807) is 10.9 Å². The Hall–Kier alpha value is -3.20. The van der Waals surface area contributed by atoms with Gasteiger partial charge >= 0.3 is 0 Å². The standard InChI is InChI=1S/C20H20FN5O2S/c1-12(2)13-3-6-15(7-4-13)26-11-23-25-20(26)29-10-18(27)24-14-5-8-17(21)16(9-14)19(22)28/h3-9,11-12H,10H2,1-2H3,(H2,22,28)(H,24,27). The number of amides is 2. The van der Waals surface area contributed by atoms with E-state index >= 15 is 0 Å². The van der Waals surface area contributed by atoms with Crippen molar-refractivity contribution in [2.45, 2.75) is 24.9 Å². The number of aromatic nitrogens is 3. The minimum absolute atomic E-state index is 0.0616. The Bertz CT molecular complexity index is 1030. The molecule has 0 fully saturated rings. The van der Waals surface area contributed by atoms with Crippen LogP contribution in [0, 0.1) is 5.82 Å². The lowest BCUT2D eigenvalue weighted by Gasteiger charge is -2.10. The maximum absolute atomic E-state index is 13.5. The van der Waals surface area contributed by atoms with Gasteiger partial charge in [-0.05, 0) is 41.8 Å². The van der Waals surface area contributed by atoms with E-state index in [2.05, 4.69) is 29.4 Å². The van der Waals surface area contributed by atoms with Crippen LogP contribution in [0.1, 0.15) is 35.7 Å². The summed E-state index contributed by atoms with van der Waals surface area (Å²) in [6, 6.07) is 11.7. The molecule has 3 aromatic rings. The zero-order valence-electron chi connectivity index (χ0n) is 15.9. The maximum Gasteiger partial charge on any atom is 0.251 e. The summed E-state index contributed by atoms with van der Waals surface area (Å²) in [6.45, 7) is 4.25. The summed E-state index contributed by atoms with van der Waals surface area (Å²) in [5, 5.41) is 11.2. The Morgan fingerprint density at radius 2 is 1.93 bits per heavy atom. The fraction of sp³-hybridized carbons (Fsp3) is 0.200. The number of nitrogens with one attached hydrogen (secondary N) is 1. The van der Waals surface area contributed by atoms with Crippen molar-refractivity contribution in [2.24, 2.45) is 5.73 Å². The van der Waals surface area contributed by atoms with Gasteiger partial charge in [0.1, 0.15) is 12.1 Å². The molecule has 0 saturated carbocycles. The summed E-state index contributed by atoms with van der Waals surface area (Å²) in [7, 11) is 0. The summed E-state index contributed by atoms with van der Waals surface area (Å²) in [6.07, 6.45) is 1.59. The van der Waals surface area contributed by atoms with Crippen molar-refractivity contribution in [3.8, 4) is 5.69 Å². The molecule has 7 nitrogen and oxygen atoms in total. The van der Waals surface area contributed by atoms with Gasteiger partial charge in [0.15, 0.2) is 5.16 Å². The van der Waals surface area contributed by atoms with Gasteiger partial charge in [-0.3, -0.25) is 14.2 Å². The Labute approximate surface area is 171 Å². The molecule has 0 aliphatic heterocycles. The van der Waals surface area contributed by atoms with Gasteiger partial charge in [0.25, 0.3) is 5.91 Å². The smallest absolute Gasteiger partial charge is 0.251 e. The summed E-state index contributed by atoms with van der Waals surface area (Å²) < 4.78 is 15.3. The third kappa shape index (κ3) is 5.00. The van der Waals surface area contributed by atoms with E-state index < -0.39 is 11.7 Å². The average Bonchev–Trinajstić information content (AvgIpc) is 3.16. The van der Waals surface area contributed by atoms with Crippen molar-refractivity contribution in [3.63, 3.8) is 0 Å². The largest absolute Gasteiger partial charge is 0.366 e. The molecule has 0 aliphatic rings. The number of nitrogens with two attached hydrogens (primary N) is 1. The number of primary amides is 1. The van der Waals surface area contributed by atoms with Gasteiger partial charge in [-0.1, -0.05) is 37.7 Å². The van der Waals surface area contributed by atoms with Crippen LogP contribution in [-0.4, -0.2) is 32.3 Å². The summed E-state index contributed by atoms with van der Waals surface area (Å²) in [5.74, 6) is -1.47. The van der Waals surface area contributed by atoms with Crippen molar-refractivity contribution < 1.29 is 14.0 Å². The molecule has 1 aromatic heterocycles. The van der Waals surface area contributed by atoms with Gasteiger partial charge in [-0.15, -0.1) is 10.2 Å². The molecule has 0 unspecified atom stereocenters. The SMILES string of the molecule is CC(C)c1ccc(-n2cnnc2SCC(=O)Nc2ccc(F)c(C(N)=O)c2)cc1. The van der Waals surface area contributed by atoms with Gasteiger partial charge < -0.3 is 11.1 Å². The lowest BCUT2D eigenvalue weighted by molar-refractivity contribution is -0.113. The number of nitrogens with zero attached hydrogens (tertiary/aromatic N) is 3. The first kappa shape index (κ1) is 20.5. The van der Waals surface area contributed by atoms with Crippen molar-refractivity contribution in [2.75, 3.05) is 11.1 Å². The lowest BCUT2D eigenvalue weighted by Crippen LogP contribution is -2.17. The molecular weight excluding hydrogens is 393 g/mol. The highest BCUT2D eigenvalue weighted by Gasteiger charge is 2.13. The molecule has 9 heteroatoms. The first-order valence-electron chi connectivity index (χ1n) is 8.87. The van der Waals surface area contributed by atoms with Crippen LogP contribution in [0.5, 0.6) is 0 Å². The van der Waals surface area contributed by atoms with Crippen molar-refractivity contribution in [3.05, 3.63) is 65.7 Å². The Kier molecular flexibility index (Phi) is 6.28. The Balaban J connectivity index is 1.65. The average molecular weight is 413 g/mol. The van der Waals surface area contributed by atoms with Crippen molar-refractivity contribution in [1.82, 2.24) is 14.8 Å². The molecule has 0 saturated heterocycles.